The number of carbonyl (C=O) groups is 1. The van der Waals surface area contributed by atoms with Crippen LogP contribution in [-0.4, -0.2) is 27.4 Å². The van der Waals surface area contributed by atoms with Crippen LogP contribution in [0.1, 0.15) is 34.9 Å². The number of amides is 2. The third-order valence-electron chi connectivity index (χ3n) is 6.61. The summed E-state index contributed by atoms with van der Waals surface area (Å²) in [5.41, 5.74) is 9.41. The minimum atomic E-state index is -0.0950. The highest BCUT2D eigenvalue weighted by atomic mass is 16.2. The second-order valence-electron chi connectivity index (χ2n) is 9.16. The van der Waals surface area contributed by atoms with E-state index in [1.165, 1.54) is 11.1 Å². The minimum Gasteiger partial charge on any atom is -0.320 e. The van der Waals surface area contributed by atoms with Gasteiger partial charge < -0.3 is 10.2 Å². The maximum Gasteiger partial charge on any atom is 0.322 e. The highest BCUT2D eigenvalue weighted by Gasteiger charge is 2.27. The lowest BCUT2D eigenvalue weighted by atomic mass is 9.96. The van der Waals surface area contributed by atoms with E-state index in [9.17, 15) is 4.79 Å². The van der Waals surface area contributed by atoms with Crippen LogP contribution in [0.15, 0.2) is 72.8 Å². The Labute approximate surface area is 206 Å². The highest BCUT2D eigenvalue weighted by Crippen LogP contribution is 2.32. The molecule has 0 radical (unpaired) electrons. The van der Waals surface area contributed by atoms with E-state index in [-0.39, 0.29) is 6.03 Å². The summed E-state index contributed by atoms with van der Waals surface area (Å²) in [4.78, 5) is 25.1. The lowest BCUT2D eigenvalue weighted by Gasteiger charge is -2.30. The number of aryl methyl sites for hydroxylation is 3. The van der Waals surface area contributed by atoms with E-state index < -0.39 is 0 Å². The lowest BCUT2D eigenvalue weighted by Crippen LogP contribution is -2.39. The normalized spacial score (nSPS) is 12.8. The van der Waals surface area contributed by atoms with E-state index in [1.807, 2.05) is 41.3 Å². The standard InChI is InChI=1S/C30H30N4O/c1-4-22-11-8-13-24(18-22)31-30(35)34-16-15-27-26(19-34)28(25-14-6-5-10-21(25)3)33-29(32-27)23-12-7-9-20(2)17-23/h5-14,17-18H,4,15-16,19H2,1-3H3,(H,31,35). The van der Waals surface area contributed by atoms with Crippen molar-refractivity contribution in [2.75, 3.05) is 11.9 Å². The molecule has 5 nitrogen and oxygen atoms in total. The molecule has 0 fully saturated rings. The molecule has 4 aromatic rings. The van der Waals surface area contributed by atoms with Crippen LogP contribution in [0.4, 0.5) is 10.5 Å². The molecule has 35 heavy (non-hydrogen) atoms. The first-order valence-electron chi connectivity index (χ1n) is 12.2. The van der Waals surface area contributed by atoms with Crippen LogP contribution in [0.25, 0.3) is 22.6 Å². The average Bonchev–Trinajstić information content (AvgIpc) is 2.88. The summed E-state index contributed by atoms with van der Waals surface area (Å²) in [5.74, 6) is 0.736. The van der Waals surface area contributed by atoms with Gasteiger partial charge in [-0.3, -0.25) is 0 Å². The Morgan fingerprint density at radius 2 is 1.80 bits per heavy atom. The Morgan fingerprint density at radius 1 is 0.971 bits per heavy atom. The van der Waals surface area contributed by atoms with Gasteiger partial charge in [0.1, 0.15) is 0 Å². The van der Waals surface area contributed by atoms with Gasteiger partial charge in [0.2, 0.25) is 0 Å². The Hall–Kier alpha value is -3.99. The Bertz CT molecular complexity index is 1400. The Balaban J connectivity index is 1.52. The van der Waals surface area contributed by atoms with E-state index in [0.29, 0.717) is 19.5 Å². The molecule has 0 saturated heterocycles. The van der Waals surface area contributed by atoms with Gasteiger partial charge in [0.25, 0.3) is 0 Å². The van der Waals surface area contributed by atoms with Crippen molar-refractivity contribution in [1.29, 1.82) is 0 Å². The quantitative estimate of drug-likeness (QED) is 0.373. The number of rotatable bonds is 4. The zero-order chi connectivity index (χ0) is 24.4. The van der Waals surface area contributed by atoms with Gasteiger partial charge in [-0.2, -0.15) is 0 Å². The van der Waals surface area contributed by atoms with E-state index in [0.717, 1.165) is 51.6 Å². The summed E-state index contributed by atoms with van der Waals surface area (Å²) in [6.07, 6.45) is 1.62. The summed E-state index contributed by atoms with van der Waals surface area (Å²) in [6, 6.07) is 24.5. The van der Waals surface area contributed by atoms with Crippen molar-refractivity contribution in [2.45, 2.75) is 40.2 Å². The molecular formula is C30H30N4O. The van der Waals surface area contributed by atoms with Gasteiger partial charge in [-0.25, -0.2) is 14.8 Å². The number of nitrogens with one attached hydrogen (secondary N) is 1. The monoisotopic (exact) mass is 462 g/mol. The van der Waals surface area contributed by atoms with Crippen molar-refractivity contribution in [3.05, 3.63) is 101 Å². The molecular weight excluding hydrogens is 432 g/mol. The third kappa shape index (κ3) is 4.80. The number of aromatic nitrogens is 2. The third-order valence-corrected chi connectivity index (χ3v) is 6.61. The van der Waals surface area contributed by atoms with Crippen molar-refractivity contribution < 1.29 is 4.79 Å². The van der Waals surface area contributed by atoms with E-state index in [4.69, 9.17) is 9.97 Å². The van der Waals surface area contributed by atoms with Gasteiger partial charge in [-0.05, 0) is 49.6 Å². The summed E-state index contributed by atoms with van der Waals surface area (Å²) in [5, 5.41) is 3.08. The molecule has 1 aliphatic heterocycles. The number of hydrogen-bond acceptors (Lipinski definition) is 3. The molecule has 0 bridgehead atoms. The number of nitrogens with zero attached hydrogens (tertiary/aromatic N) is 3. The molecule has 1 N–H and O–H groups in total. The molecule has 5 rings (SSSR count). The van der Waals surface area contributed by atoms with E-state index >= 15 is 0 Å². The molecule has 0 spiro atoms. The number of benzene rings is 3. The largest absolute Gasteiger partial charge is 0.322 e. The first-order valence-corrected chi connectivity index (χ1v) is 12.2. The van der Waals surface area contributed by atoms with Crippen molar-refractivity contribution in [2.24, 2.45) is 0 Å². The number of carbonyl (C=O) groups excluding carboxylic acids is 1. The summed E-state index contributed by atoms with van der Waals surface area (Å²) < 4.78 is 0. The van der Waals surface area contributed by atoms with Crippen LogP contribution in [0, 0.1) is 13.8 Å². The molecule has 2 amide bonds. The van der Waals surface area contributed by atoms with Crippen molar-refractivity contribution in [3.8, 4) is 22.6 Å². The van der Waals surface area contributed by atoms with E-state index in [1.54, 1.807) is 0 Å². The average molecular weight is 463 g/mol. The van der Waals surface area contributed by atoms with Crippen molar-refractivity contribution >= 4 is 11.7 Å². The summed E-state index contributed by atoms with van der Waals surface area (Å²) in [7, 11) is 0. The summed E-state index contributed by atoms with van der Waals surface area (Å²) in [6.45, 7) is 7.39. The second-order valence-corrected chi connectivity index (χ2v) is 9.16. The van der Waals surface area contributed by atoms with Crippen molar-refractivity contribution in [1.82, 2.24) is 14.9 Å². The van der Waals surface area contributed by atoms with Gasteiger partial charge in [-0.1, -0.05) is 67.1 Å². The van der Waals surface area contributed by atoms with Gasteiger partial charge in [-0.15, -0.1) is 0 Å². The maximum absolute atomic E-state index is 13.2. The molecule has 1 aliphatic rings. The molecule has 5 heteroatoms. The second kappa shape index (κ2) is 9.71. The topological polar surface area (TPSA) is 58.1 Å². The molecule has 2 heterocycles. The van der Waals surface area contributed by atoms with Crippen molar-refractivity contribution in [3.63, 3.8) is 0 Å². The fraction of sp³-hybridized carbons (Fsp3) is 0.233. The number of hydrogen-bond donors (Lipinski definition) is 1. The van der Waals surface area contributed by atoms with Crippen LogP contribution in [0.5, 0.6) is 0 Å². The number of anilines is 1. The van der Waals surface area contributed by atoms with Gasteiger partial charge in [0, 0.05) is 35.3 Å². The molecule has 3 aromatic carbocycles. The van der Waals surface area contributed by atoms with E-state index in [2.05, 4.69) is 62.5 Å². The molecule has 0 aliphatic carbocycles. The number of fused-ring (bicyclic) bond motifs is 1. The lowest BCUT2D eigenvalue weighted by molar-refractivity contribution is 0.206. The van der Waals surface area contributed by atoms with Crippen LogP contribution >= 0.6 is 0 Å². The fourth-order valence-electron chi connectivity index (χ4n) is 4.63. The maximum atomic E-state index is 13.2. The first-order chi connectivity index (χ1) is 17.0. The number of urea groups is 1. The van der Waals surface area contributed by atoms with Gasteiger partial charge in [0.05, 0.1) is 17.9 Å². The van der Waals surface area contributed by atoms with Gasteiger partial charge >= 0.3 is 6.03 Å². The van der Waals surface area contributed by atoms with Gasteiger partial charge in [0.15, 0.2) is 5.82 Å². The molecule has 176 valence electrons. The molecule has 0 unspecified atom stereocenters. The highest BCUT2D eigenvalue weighted by molar-refractivity contribution is 5.89. The molecule has 1 aromatic heterocycles. The van der Waals surface area contributed by atoms with Crippen LogP contribution in [-0.2, 0) is 19.4 Å². The first kappa shape index (κ1) is 22.8. The SMILES string of the molecule is CCc1cccc(NC(=O)N2CCc3nc(-c4cccc(C)c4)nc(-c4ccccc4C)c3C2)c1. The zero-order valence-corrected chi connectivity index (χ0v) is 20.5. The molecule has 0 atom stereocenters. The predicted molar refractivity (Wildman–Crippen MR) is 141 cm³/mol. The Morgan fingerprint density at radius 3 is 2.60 bits per heavy atom. The predicted octanol–water partition coefficient (Wildman–Crippen LogP) is 6.58. The Kier molecular flexibility index (Phi) is 6.32. The smallest absolute Gasteiger partial charge is 0.320 e. The zero-order valence-electron chi connectivity index (χ0n) is 20.5. The minimum absolute atomic E-state index is 0.0950. The fourth-order valence-corrected chi connectivity index (χ4v) is 4.63. The van der Waals surface area contributed by atoms with Crippen LogP contribution < -0.4 is 5.32 Å². The molecule has 0 saturated carbocycles. The van der Waals surface area contributed by atoms with Crippen LogP contribution in [0.3, 0.4) is 0 Å². The summed E-state index contributed by atoms with van der Waals surface area (Å²) >= 11 is 0. The van der Waals surface area contributed by atoms with Crippen LogP contribution in [0.2, 0.25) is 0 Å².